The summed E-state index contributed by atoms with van der Waals surface area (Å²) >= 11 is 0. The van der Waals surface area contributed by atoms with Crippen LogP contribution in [0.2, 0.25) is 0 Å². The van der Waals surface area contributed by atoms with Gasteiger partial charge in [0.05, 0.1) is 6.54 Å². The first-order chi connectivity index (χ1) is 8.69. The number of hydrogen-bond acceptors (Lipinski definition) is 2. The highest BCUT2D eigenvalue weighted by Gasteiger charge is 2.06. The number of benzene rings is 1. The molecule has 1 amide bonds. The molecule has 0 spiro atoms. The molecule has 0 heterocycles. The second-order valence-electron chi connectivity index (χ2n) is 4.15. The summed E-state index contributed by atoms with van der Waals surface area (Å²) in [5, 5.41) is 2.89. The molecule has 1 aromatic carbocycles. The van der Waals surface area contributed by atoms with Gasteiger partial charge in [0.1, 0.15) is 0 Å². The van der Waals surface area contributed by atoms with Crippen LogP contribution in [0.25, 0.3) is 0 Å². The Hall–Kier alpha value is -1.79. The summed E-state index contributed by atoms with van der Waals surface area (Å²) in [6.45, 7) is 5.11. The molecule has 0 aliphatic carbocycles. The lowest BCUT2D eigenvalue weighted by Gasteiger charge is -2.06. The molecule has 0 fully saturated rings. The van der Waals surface area contributed by atoms with E-state index in [1.807, 2.05) is 25.1 Å². The van der Waals surface area contributed by atoms with E-state index in [2.05, 4.69) is 24.1 Å². The Balaban J connectivity index is 2.80. The fourth-order valence-corrected chi connectivity index (χ4v) is 1.52. The van der Waals surface area contributed by atoms with Gasteiger partial charge in [-0.25, -0.2) is 0 Å². The van der Waals surface area contributed by atoms with Gasteiger partial charge in [-0.05, 0) is 31.0 Å². The van der Waals surface area contributed by atoms with Crippen LogP contribution in [-0.4, -0.2) is 19.0 Å². The highest BCUT2D eigenvalue weighted by atomic mass is 16.1. The summed E-state index contributed by atoms with van der Waals surface area (Å²) in [6, 6.07) is 5.55. The molecule has 0 atom stereocenters. The van der Waals surface area contributed by atoms with Gasteiger partial charge in [-0.3, -0.25) is 4.79 Å². The summed E-state index contributed by atoms with van der Waals surface area (Å²) in [5.41, 5.74) is 7.92. The lowest BCUT2D eigenvalue weighted by molar-refractivity contribution is 0.0953. The molecule has 1 rings (SSSR count). The van der Waals surface area contributed by atoms with Crippen molar-refractivity contribution >= 4 is 5.91 Å². The van der Waals surface area contributed by atoms with Crippen molar-refractivity contribution in [3.05, 3.63) is 34.9 Å². The van der Waals surface area contributed by atoms with Crippen LogP contribution in [0.5, 0.6) is 0 Å². The molecule has 3 nitrogen and oxygen atoms in total. The Kier molecular flexibility index (Phi) is 5.96. The first kappa shape index (κ1) is 14.3. The summed E-state index contributed by atoms with van der Waals surface area (Å²) in [7, 11) is 0. The molecule has 3 N–H and O–H groups in total. The van der Waals surface area contributed by atoms with Gasteiger partial charge in [-0.1, -0.05) is 31.3 Å². The number of amides is 1. The standard InChI is InChI=1S/C15H20N2O/c1-3-4-10-17-15(18)14-8-7-12(2)13(11-14)6-5-9-16/h7-8,11H,3-4,9-10,16H2,1-2H3,(H,17,18). The summed E-state index contributed by atoms with van der Waals surface area (Å²) in [5.74, 6) is 5.75. The first-order valence-electron chi connectivity index (χ1n) is 6.26. The van der Waals surface area contributed by atoms with E-state index < -0.39 is 0 Å². The molecule has 0 bridgehead atoms. The van der Waals surface area contributed by atoms with E-state index in [0.29, 0.717) is 18.7 Å². The summed E-state index contributed by atoms with van der Waals surface area (Å²) in [4.78, 5) is 11.9. The van der Waals surface area contributed by atoms with E-state index in [1.165, 1.54) is 0 Å². The van der Waals surface area contributed by atoms with Crippen LogP contribution in [-0.2, 0) is 0 Å². The molecule has 0 saturated carbocycles. The molecule has 3 heteroatoms. The highest BCUT2D eigenvalue weighted by Crippen LogP contribution is 2.10. The average Bonchev–Trinajstić information content (AvgIpc) is 2.38. The van der Waals surface area contributed by atoms with Gasteiger partial charge in [0.2, 0.25) is 0 Å². The first-order valence-corrected chi connectivity index (χ1v) is 6.26. The van der Waals surface area contributed by atoms with Crippen molar-refractivity contribution in [2.75, 3.05) is 13.1 Å². The fraction of sp³-hybridized carbons (Fsp3) is 0.400. The lowest BCUT2D eigenvalue weighted by atomic mass is 10.0. The third-order valence-electron chi connectivity index (χ3n) is 2.64. The van der Waals surface area contributed by atoms with Gasteiger partial charge in [0.25, 0.3) is 5.91 Å². The third-order valence-corrected chi connectivity index (χ3v) is 2.64. The lowest BCUT2D eigenvalue weighted by Crippen LogP contribution is -2.24. The topological polar surface area (TPSA) is 55.1 Å². The number of nitrogens with one attached hydrogen (secondary N) is 1. The molecule has 0 radical (unpaired) electrons. The van der Waals surface area contributed by atoms with Gasteiger partial charge in [0.15, 0.2) is 0 Å². The van der Waals surface area contributed by atoms with Crippen molar-refractivity contribution in [2.24, 2.45) is 5.73 Å². The molecule has 0 aliphatic heterocycles. The van der Waals surface area contributed by atoms with E-state index in [-0.39, 0.29) is 5.91 Å². The van der Waals surface area contributed by atoms with Crippen LogP contribution < -0.4 is 11.1 Å². The molecular formula is C15H20N2O. The summed E-state index contributed by atoms with van der Waals surface area (Å²) < 4.78 is 0. The van der Waals surface area contributed by atoms with Crippen molar-refractivity contribution in [1.82, 2.24) is 5.32 Å². The van der Waals surface area contributed by atoms with E-state index in [9.17, 15) is 4.79 Å². The SMILES string of the molecule is CCCCNC(=O)c1ccc(C)c(C#CCN)c1. The van der Waals surface area contributed by atoms with Gasteiger partial charge < -0.3 is 11.1 Å². The van der Waals surface area contributed by atoms with E-state index in [0.717, 1.165) is 24.0 Å². The Morgan fingerprint density at radius 1 is 1.44 bits per heavy atom. The number of carbonyl (C=O) groups excluding carboxylic acids is 1. The smallest absolute Gasteiger partial charge is 0.251 e. The van der Waals surface area contributed by atoms with Gasteiger partial charge >= 0.3 is 0 Å². The Morgan fingerprint density at radius 3 is 2.89 bits per heavy atom. The van der Waals surface area contributed by atoms with Gasteiger partial charge in [-0.2, -0.15) is 0 Å². The van der Waals surface area contributed by atoms with E-state index >= 15 is 0 Å². The van der Waals surface area contributed by atoms with Crippen LogP contribution in [0.1, 0.15) is 41.3 Å². The van der Waals surface area contributed by atoms with Crippen LogP contribution >= 0.6 is 0 Å². The molecule has 96 valence electrons. The normalized spacial score (nSPS) is 9.50. The van der Waals surface area contributed by atoms with Crippen LogP contribution in [0.3, 0.4) is 0 Å². The van der Waals surface area contributed by atoms with Crippen LogP contribution in [0, 0.1) is 18.8 Å². The monoisotopic (exact) mass is 244 g/mol. The average molecular weight is 244 g/mol. The molecular weight excluding hydrogens is 224 g/mol. The number of aryl methyl sites for hydroxylation is 1. The second-order valence-corrected chi connectivity index (χ2v) is 4.15. The predicted molar refractivity (Wildman–Crippen MR) is 74.4 cm³/mol. The maximum absolute atomic E-state index is 11.9. The quantitative estimate of drug-likeness (QED) is 0.627. The maximum atomic E-state index is 11.9. The highest BCUT2D eigenvalue weighted by molar-refractivity contribution is 5.94. The van der Waals surface area contributed by atoms with Gasteiger partial charge in [-0.15, -0.1) is 0 Å². The number of nitrogens with two attached hydrogens (primary N) is 1. The minimum atomic E-state index is -0.0424. The largest absolute Gasteiger partial charge is 0.352 e. The van der Waals surface area contributed by atoms with Crippen molar-refractivity contribution in [3.63, 3.8) is 0 Å². The molecule has 0 aromatic heterocycles. The van der Waals surface area contributed by atoms with E-state index in [4.69, 9.17) is 5.73 Å². The van der Waals surface area contributed by atoms with Crippen molar-refractivity contribution in [1.29, 1.82) is 0 Å². The minimum Gasteiger partial charge on any atom is -0.352 e. The minimum absolute atomic E-state index is 0.0424. The molecule has 0 saturated heterocycles. The zero-order chi connectivity index (χ0) is 13.4. The Labute approximate surface area is 109 Å². The zero-order valence-electron chi connectivity index (χ0n) is 11.0. The van der Waals surface area contributed by atoms with Crippen LogP contribution in [0.15, 0.2) is 18.2 Å². The summed E-state index contributed by atoms with van der Waals surface area (Å²) in [6.07, 6.45) is 2.07. The number of rotatable bonds is 4. The second kappa shape index (κ2) is 7.52. The molecule has 0 aliphatic rings. The van der Waals surface area contributed by atoms with Crippen molar-refractivity contribution in [2.45, 2.75) is 26.7 Å². The molecule has 18 heavy (non-hydrogen) atoms. The number of unbranched alkanes of at least 4 members (excludes halogenated alkanes) is 1. The van der Waals surface area contributed by atoms with Crippen LogP contribution in [0.4, 0.5) is 0 Å². The Bertz CT molecular complexity index is 469. The van der Waals surface area contributed by atoms with Crippen molar-refractivity contribution in [3.8, 4) is 11.8 Å². The third kappa shape index (κ3) is 4.23. The zero-order valence-corrected chi connectivity index (χ0v) is 11.0. The van der Waals surface area contributed by atoms with Gasteiger partial charge in [0, 0.05) is 17.7 Å². The predicted octanol–water partition coefficient (Wildman–Crippen LogP) is 1.84. The van der Waals surface area contributed by atoms with E-state index in [1.54, 1.807) is 0 Å². The van der Waals surface area contributed by atoms with Crippen molar-refractivity contribution < 1.29 is 4.79 Å². The maximum Gasteiger partial charge on any atom is 0.251 e. The molecule has 1 aromatic rings. The Morgan fingerprint density at radius 2 is 2.22 bits per heavy atom. The fourth-order valence-electron chi connectivity index (χ4n) is 1.52. The number of carbonyl (C=O) groups is 1. The number of hydrogen-bond donors (Lipinski definition) is 2. The molecule has 0 unspecified atom stereocenters.